The summed E-state index contributed by atoms with van der Waals surface area (Å²) in [5, 5.41) is 39.0. The number of hydrogen-bond donors (Lipinski definition) is 4. The molecule has 5 atom stereocenters. The molecule has 4 aromatic carbocycles. The summed E-state index contributed by atoms with van der Waals surface area (Å²) >= 11 is 0. The Morgan fingerprint density at radius 2 is 1.36 bits per heavy atom. The van der Waals surface area contributed by atoms with Gasteiger partial charge in [-0.25, -0.2) is 9.18 Å². The van der Waals surface area contributed by atoms with Crippen LogP contribution in [0.15, 0.2) is 125 Å². The van der Waals surface area contributed by atoms with Crippen LogP contribution in [0.2, 0.25) is 0 Å². The number of aliphatic hydroxyl groups excluding tert-OH is 2. The first-order valence-electron chi connectivity index (χ1n) is 18.0. The van der Waals surface area contributed by atoms with Crippen LogP contribution in [0.4, 0.5) is 10.1 Å². The number of hydrogen-bond acceptors (Lipinski definition) is 10. The van der Waals surface area contributed by atoms with E-state index in [1.165, 1.54) is 19.4 Å². The molecule has 1 aromatic heterocycles. The maximum absolute atomic E-state index is 14.9. The van der Waals surface area contributed by atoms with E-state index in [1.54, 1.807) is 56.7 Å². The first-order valence-corrected chi connectivity index (χ1v) is 18.0. The maximum Gasteiger partial charge on any atom is 0.330 e. The van der Waals surface area contributed by atoms with Crippen molar-refractivity contribution < 1.29 is 38.7 Å². The van der Waals surface area contributed by atoms with E-state index in [-0.39, 0.29) is 25.9 Å². The lowest BCUT2D eigenvalue weighted by atomic mass is 9.62. The maximum atomic E-state index is 14.9. The standard InChI is InChI=1S/C42H44FN3O9/c1-52-30-17-13-28(14-18-30)41(27-9-5-4-6-10-27,29-15-19-31(53-2)20-16-29)36(48)35-37(49)42(51,38(55-35)46-24-21-34(47)44-39(46)50)40(54-3)22-25-45(26-23-40)33-12-8-7-11-32(33)43/h4-21,24,35-38,48-49,51H,22-23,25-26H2,1-3H3,(H,44,47,50)/t35-,36?,37-,38-,42-/m1/s1. The fraction of sp³-hybridized carbons (Fsp3) is 0.333. The highest BCUT2D eigenvalue weighted by molar-refractivity contribution is 5.55. The van der Waals surface area contributed by atoms with Gasteiger partial charge in [0.05, 0.1) is 25.3 Å². The van der Waals surface area contributed by atoms with Gasteiger partial charge in [0.1, 0.15) is 41.2 Å². The molecule has 0 radical (unpaired) electrons. The third-order valence-electron chi connectivity index (χ3n) is 11.5. The molecule has 13 heteroatoms. The molecule has 2 fully saturated rings. The number of halogens is 1. The highest BCUT2D eigenvalue weighted by Crippen LogP contribution is 2.54. The Balaban J connectivity index is 1.41. The van der Waals surface area contributed by atoms with Gasteiger partial charge in [-0.15, -0.1) is 0 Å². The number of methoxy groups -OCH3 is 3. The summed E-state index contributed by atoms with van der Waals surface area (Å²) in [4.78, 5) is 29.7. The number of aromatic nitrogens is 2. The zero-order valence-electron chi connectivity index (χ0n) is 30.7. The normalized spacial score (nSPS) is 23.0. The van der Waals surface area contributed by atoms with E-state index >= 15 is 0 Å². The Morgan fingerprint density at radius 1 is 0.818 bits per heavy atom. The van der Waals surface area contributed by atoms with E-state index in [9.17, 15) is 29.3 Å². The number of aliphatic hydroxyl groups is 3. The van der Waals surface area contributed by atoms with Gasteiger partial charge in [-0.2, -0.15) is 0 Å². The Bertz CT molecular complexity index is 2160. The van der Waals surface area contributed by atoms with Crippen molar-refractivity contribution in [3.05, 3.63) is 159 Å². The molecular weight excluding hydrogens is 709 g/mol. The molecule has 12 nitrogen and oxygen atoms in total. The first kappa shape index (κ1) is 38.0. The van der Waals surface area contributed by atoms with Crippen molar-refractivity contribution in [2.24, 2.45) is 0 Å². The van der Waals surface area contributed by atoms with Crippen molar-refractivity contribution in [2.75, 3.05) is 39.3 Å². The molecule has 55 heavy (non-hydrogen) atoms. The second-order valence-corrected chi connectivity index (χ2v) is 14.0. The Morgan fingerprint density at radius 3 is 1.89 bits per heavy atom. The molecular formula is C42H44FN3O9. The highest BCUT2D eigenvalue weighted by atomic mass is 19.1. The number of H-pyrrole nitrogens is 1. The summed E-state index contributed by atoms with van der Waals surface area (Å²) < 4.78 is 39.6. The number of piperidine rings is 1. The quantitative estimate of drug-likeness (QED) is 0.147. The molecule has 0 aliphatic carbocycles. The Hall–Kier alpha value is -5.31. The van der Waals surface area contributed by atoms with Crippen LogP contribution in [0.5, 0.6) is 11.5 Å². The zero-order valence-corrected chi connectivity index (χ0v) is 30.7. The average molecular weight is 754 g/mol. The summed E-state index contributed by atoms with van der Waals surface area (Å²) in [6.07, 6.45) is -5.52. The number of nitrogens with one attached hydrogen (secondary N) is 1. The third-order valence-corrected chi connectivity index (χ3v) is 11.5. The molecule has 2 saturated heterocycles. The largest absolute Gasteiger partial charge is 0.497 e. The van der Waals surface area contributed by atoms with Gasteiger partial charge in [0.25, 0.3) is 5.56 Å². The van der Waals surface area contributed by atoms with Crippen molar-refractivity contribution in [1.29, 1.82) is 0 Å². The lowest BCUT2D eigenvalue weighted by molar-refractivity contribution is -0.241. The minimum Gasteiger partial charge on any atom is -0.497 e. The zero-order chi connectivity index (χ0) is 39.0. The average Bonchev–Trinajstić information content (AvgIpc) is 3.49. The molecule has 4 N–H and O–H groups in total. The van der Waals surface area contributed by atoms with Gasteiger partial charge in [-0.3, -0.25) is 14.3 Å². The molecule has 288 valence electrons. The van der Waals surface area contributed by atoms with Crippen molar-refractivity contribution in [1.82, 2.24) is 9.55 Å². The summed E-state index contributed by atoms with van der Waals surface area (Å²) in [6.45, 7) is 0.409. The highest BCUT2D eigenvalue weighted by Gasteiger charge is 2.70. The number of rotatable bonds is 11. The topological polar surface area (TPSA) is 156 Å². The van der Waals surface area contributed by atoms with Crippen LogP contribution in [-0.2, 0) is 14.9 Å². The number of aromatic amines is 1. The van der Waals surface area contributed by atoms with Crippen molar-refractivity contribution in [2.45, 2.75) is 54.0 Å². The smallest absolute Gasteiger partial charge is 0.330 e. The Labute approximate surface area is 316 Å². The summed E-state index contributed by atoms with van der Waals surface area (Å²) in [7, 11) is 4.49. The van der Waals surface area contributed by atoms with Crippen molar-refractivity contribution in [3.8, 4) is 11.5 Å². The van der Waals surface area contributed by atoms with Gasteiger partial charge in [0.2, 0.25) is 0 Å². The Kier molecular flexibility index (Phi) is 10.4. The van der Waals surface area contributed by atoms with Crippen molar-refractivity contribution in [3.63, 3.8) is 0 Å². The van der Waals surface area contributed by atoms with Gasteiger partial charge < -0.3 is 39.2 Å². The second-order valence-electron chi connectivity index (χ2n) is 14.0. The summed E-state index contributed by atoms with van der Waals surface area (Å²) in [6, 6.07) is 31.0. The monoisotopic (exact) mass is 753 g/mol. The molecule has 3 heterocycles. The lowest BCUT2D eigenvalue weighted by Gasteiger charge is -2.52. The number of para-hydroxylation sites is 1. The molecule has 2 aliphatic rings. The van der Waals surface area contributed by atoms with Gasteiger partial charge >= 0.3 is 5.69 Å². The molecule has 2 aliphatic heterocycles. The van der Waals surface area contributed by atoms with E-state index in [0.29, 0.717) is 33.9 Å². The SMILES string of the molecule is COc1ccc(C(c2ccccc2)(c2ccc(OC)cc2)C(O)[C@H]2O[C@@H](n3ccc(=O)[nH]c3=O)[C@@](O)(C3(OC)CCN(c4ccccc4F)CC3)[C@@H]2O)cc1. The fourth-order valence-corrected chi connectivity index (χ4v) is 8.61. The molecule has 5 aromatic rings. The number of ether oxygens (including phenoxy) is 4. The number of nitrogens with zero attached hydrogens (tertiary/aromatic N) is 2. The van der Waals surface area contributed by atoms with Crippen molar-refractivity contribution >= 4 is 5.69 Å². The molecule has 0 spiro atoms. The number of benzene rings is 4. The molecule has 0 amide bonds. The van der Waals surface area contributed by atoms with Gasteiger partial charge in [0, 0.05) is 32.5 Å². The van der Waals surface area contributed by atoms with Crippen LogP contribution in [0.25, 0.3) is 0 Å². The molecule has 0 saturated carbocycles. The van der Waals surface area contributed by atoms with Gasteiger partial charge in [0.15, 0.2) is 11.8 Å². The van der Waals surface area contributed by atoms with E-state index in [2.05, 4.69) is 4.98 Å². The van der Waals surface area contributed by atoms with Crippen LogP contribution in [0.1, 0.15) is 35.8 Å². The predicted molar refractivity (Wildman–Crippen MR) is 202 cm³/mol. The molecule has 0 bridgehead atoms. The minimum absolute atomic E-state index is 0.0625. The van der Waals surface area contributed by atoms with E-state index < -0.39 is 58.2 Å². The lowest BCUT2D eigenvalue weighted by Crippen LogP contribution is -2.68. The van der Waals surface area contributed by atoms with Gasteiger partial charge in [-0.1, -0.05) is 66.7 Å². The number of anilines is 1. The summed E-state index contributed by atoms with van der Waals surface area (Å²) in [5.74, 6) is 0.732. The van der Waals surface area contributed by atoms with Crippen LogP contribution < -0.4 is 25.6 Å². The fourth-order valence-electron chi connectivity index (χ4n) is 8.61. The van der Waals surface area contributed by atoms with Gasteiger partial charge in [-0.05, 0) is 65.9 Å². The third kappa shape index (κ3) is 6.21. The van der Waals surface area contributed by atoms with Crippen LogP contribution in [0, 0.1) is 5.82 Å². The van der Waals surface area contributed by atoms with E-state index in [4.69, 9.17) is 18.9 Å². The second kappa shape index (κ2) is 15.1. The minimum atomic E-state index is -2.42. The molecule has 7 rings (SSSR count). The first-order chi connectivity index (χ1) is 26.5. The van der Waals surface area contributed by atoms with Crippen LogP contribution in [0.3, 0.4) is 0 Å². The predicted octanol–water partition coefficient (Wildman–Crippen LogP) is 3.76. The summed E-state index contributed by atoms with van der Waals surface area (Å²) in [5.41, 5.74) is -4.89. The van der Waals surface area contributed by atoms with E-state index in [0.717, 1.165) is 10.6 Å². The van der Waals surface area contributed by atoms with E-state index in [1.807, 2.05) is 59.5 Å². The van der Waals surface area contributed by atoms with Crippen LogP contribution in [-0.4, -0.2) is 88.8 Å². The van der Waals surface area contributed by atoms with Crippen LogP contribution >= 0.6 is 0 Å². The molecule has 1 unspecified atom stereocenters.